The Hall–Kier alpha value is -5.37. The average Bonchev–Trinajstić information content (AvgIpc) is 3.36. The van der Waals surface area contributed by atoms with Gasteiger partial charge in [-0.25, -0.2) is 8.42 Å². The van der Waals surface area contributed by atoms with Crippen molar-refractivity contribution in [1.29, 1.82) is 0 Å². The molecule has 0 aliphatic carbocycles. The van der Waals surface area contributed by atoms with Gasteiger partial charge in [0.05, 0.1) is 45.5 Å². The first kappa shape index (κ1) is 64.9. The second-order valence-corrected chi connectivity index (χ2v) is 19.6. The molecule has 0 unspecified atom stereocenters. The SMILES string of the molecule is COS(=O)(=O)c1cc(Nc2nc(Nc3cc[c-]cc3)nc(N(CCO)CCO)n2)ccc1/C=C/c1ccc(Nc2nc(Nc3ccc(S(=O)(=O)[O-])cc3)nc(N(CCO)CCO)n2)cc1S(=O)(=O)OC.O=S(=O)=O.[Na+].[Na+]. The summed E-state index contributed by atoms with van der Waals surface area (Å²) in [6.45, 7) is -1.11. The van der Waals surface area contributed by atoms with E-state index < -0.39 is 45.9 Å². The van der Waals surface area contributed by atoms with Crippen LogP contribution in [0.4, 0.5) is 58.4 Å². The Labute approximate surface area is 482 Å². The first-order valence-electron chi connectivity index (χ1n) is 21.1. The summed E-state index contributed by atoms with van der Waals surface area (Å²) in [5.74, 6) is -0.160. The van der Waals surface area contributed by atoms with Crippen LogP contribution in [-0.2, 0) is 49.3 Å². The first-order chi connectivity index (χ1) is 35.2. The molecular formula is C42H46N12Na2O16S4. The summed E-state index contributed by atoms with van der Waals surface area (Å²) in [5.41, 5.74) is 1.31. The third-order valence-corrected chi connectivity index (χ3v) is 13.1. The summed E-state index contributed by atoms with van der Waals surface area (Å²) in [6, 6.07) is 22.7. The number of aliphatic hydroxyl groups is 4. The van der Waals surface area contributed by atoms with E-state index in [1.807, 2.05) is 0 Å². The summed E-state index contributed by atoms with van der Waals surface area (Å²) in [6.07, 6.45) is 2.69. The van der Waals surface area contributed by atoms with E-state index in [-0.39, 0.29) is 185 Å². The fraction of sp³-hybridized carbons (Fsp3) is 0.238. The molecule has 0 atom stereocenters. The van der Waals surface area contributed by atoms with Crippen LogP contribution in [0.5, 0.6) is 0 Å². The van der Waals surface area contributed by atoms with Gasteiger partial charge in [-0.05, 0) is 59.7 Å². The van der Waals surface area contributed by atoms with Crippen molar-refractivity contribution in [3.63, 3.8) is 0 Å². The van der Waals surface area contributed by atoms with Gasteiger partial charge >= 0.3 is 69.7 Å². The van der Waals surface area contributed by atoms with Crippen molar-refractivity contribution in [1.82, 2.24) is 29.9 Å². The van der Waals surface area contributed by atoms with E-state index in [4.69, 9.17) is 21.0 Å². The Balaban J connectivity index is 0.00000245. The Kier molecular flexibility index (Phi) is 26.1. The quantitative estimate of drug-likeness (QED) is 0.00876. The van der Waals surface area contributed by atoms with Gasteiger partial charge in [0.1, 0.15) is 19.9 Å². The molecule has 4 aromatic carbocycles. The molecule has 6 aromatic rings. The van der Waals surface area contributed by atoms with Crippen molar-refractivity contribution in [2.24, 2.45) is 0 Å². The summed E-state index contributed by atoms with van der Waals surface area (Å²) >= 11 is 0. The Morgan fingerprint density at radius 2 is 0.855 bits per heavy atom. The molecule has 8 N–H and O–H groups in total. The van der Waals surface area contributed by atoms with Crippen molar-refractivity contribution < 1.29 is 130 Å². The predicted octanol–water partition coefficient (Wildman–Crippen LogP) is -4.84. The normalized spacial score (nSPS) is 11.3. The van der Waals surface area contributed by atoms with E-state index >= 15 is 0 Å². The number of anilines is 10. The van der Waals surface area contributed by atoms with Gasteiger partial charge in [-0.1, -0.05) is 30.0 Å². The van der Waals surface area contributed by atoms with E-state index in [9.17, 15) is 50.2 Å². The minimum atomic E-state index is -4.73. The molecule has 2 aromatic heterocycles. The molecule has 0 spiro atoms. The number of aliphatic hydroxyl groups excluding tert-OH is 4. The van der Waals surface area contributed by atoms with E-state index in [1.54, 1.807) is 24.3 Å². The van der Waals surface area contributed by atoms with Crippen molar-refractivity contribution >= 4 is 112 Å². The zero-order valence-electron chi connectivity index (χ0n) is 40.8. The van der Waals surface area contributed by atoms with Gasteiger partial charge in [0.15, 0.2) is 0 Å². The molecule has 6 rings (SSSR count). The maximum Gasteiger partial charge on any atom is 1.00 e. The third-order valence-electron chi connectivity index (χ3n) is 9.63. The van der Waals surface area contributed by atoms with Crippen molar-refractivity contribution in [2.75, 3.05) is 97.9 Å². The zero-order valence-corrected chi connectivity index (χ0v) is 48.1. The molecule has 2 heterocycles. The second-order valence-electron chi connectivity index (χ2n) is 14.5. The van der Waals surface area contributed by atoms with Crippen LogP contribution < -0.4 is 90.2 Å². The third kappa shape index (κ3) is 19.3. The second kappa shape index (κ2) is 30.5. The van der Waals surface area contributed by atoms with Crippen LogP contribution in [0.2, 0.25) is 0 Å². The van der Waals surface area contributed by atoms with E-state index in [1.165, 1.54) is 70.5 Å². The molecule has 0 bridgehead atoms. The first-order valence-corrected chi connectivity index (χ1v) is 26.3. The number of hydrogen-bond acceptors (Lipinski definition) is 28. The van der Waals surface area contributed by atoms with Crippen molar-refractivity contribution in [3.8, 4) is 0 Å². The van der Waals surface area contributed by atoms with E-state index in [0.29, 0.717) is 5.69 Å². The van der Waals surface area contributed by atoms with Gasteiger partial charge in [0, 0.05) is 43.2 Å². The Morgan fingerprint density at radius 3 is 1.17 bits per heavy atom. The summed E-state index contributed by atoms with van der Waals surface area (Å²) < 4.78 is 123. The Bertz CT molecular complexity index is 3360. The van der Waals surface area contributed by atoms with Crippen molar-refractivity contribution in [3.05, 3.63) is 102 Å². The minimum Gasteiger partial charge on any atom is -0.744 e. The fourth-order valence-corrected chi connectivity index (χ4v) is 8.55. The summed E-state index contributed by atoms with van der Waals surface area (Å²) in [4.78, 5) is 28.2. The molecule has 0 fully saturated rings. The smallest absolute Gasteiger partial charge is 0.744 e. The predicted molar refractivity (Wildman–Crippen MR) is 265 cm³/mol. The van der Waals surface area contributed by atoms with Gasteiger partial charge < -0.3 is 56.0 Å². The van der Waals surface area contributed by atoms with Crippen LogP contribution in [0.3, 0.4) is 0 Å². The molecule has 0 amide bonds. The number of benzene rings is 4. The fourth-order valence-electron chi connectivity index (χ4n) is 6.33. The molecule has 0 saturated carbocycles. The number of hydrogen-bond donors (Lipinski definition) is 8. The van der Waals surface area contributed by atoms with Crippen LogP contribution in [0, 0.1) is 6.07 Å². The number of nitrogens with zero attached hydrogens (tertiary/aromatic N) is 8. The molecule has 0 aliphatic rings. The zero-order chi connectivity index (χ0) is 54.1. The molecule has 76 heavy (non-hydrogen) atoms. The molecule has 0 aliphatic heterocycles. The van der Waals surface area contributed by atoms with Crippen LogP contribution in [0.1, 0.15) is 11.1 Å². The maximum absolute atomic E-state index is 13.4. The van der Waals surface area contributed by atoms with Gasteiger partial charge in [-0.2, -0.15) is 64.9 Å². The van der Waals surface area contributed by atoms with Crippen LogP contribution in [0.15, 0.2) is 99.6 Å². The number of nitrogens with one attached hydrogen (secondary N) is 4. The number of aromatic nitrogens is 6. The maximum atomic E-state index is 13.4. The molecule has 396 valence electrons. The Morgan fingerprint density at radius 1 is 0.539 bits per heavy atom. The van der Waals surface area contributed by atoms with Gasteiger partial charge in [0.25, 0.3) is 20.2 Å². The van der Waals surface area contributed by atoms with Crippen LogP contribution in [-0.4, -0.2) is 160 Å². The molecule has 28 nitrogen and oxygen atoms in total. The van der Waals surface area contributed by atoms with Crippen LogP contribution >= 0.6 is 0 Å². The van der Waals surface area contributed by atoms with E-state index in [2.05, 4.69) is 57.2 Å². The van der Waals surface area contributed by atoms with Gasteiger partial charge in [0.2, 0.25) is 35.7 Å². The average molecular weight is 1150 g/mol. The standard InChI is InChI=1S/C42H47N12O13S3.2Na.O3S/c1-66-69(62,63)35-26-32(45-39-47-37(43-30-6-4-3-5-7-30)49-41(51-39)53(18-22-55)19-23-56)12-10-28(35)8-9-29-11-13-33(27-36(29)70(64,65)67-2)46-40-48-38(50-42(52-40)54(20-24-57)21-25-58)44-31-14-16-34(17-15-31)68(59,60)61;;;1-4(2)3/h4-17,26-27,55-58H,18-25H2,1-2H3,(H,59,60,61)(H2,43,45,47,49,51)(H2,44,46,48,50,52);;;/q-1;2*+1;/p-1/b9-8+;;;. The molecule has 0 saturated heterocycles. The van der Waals surface area contributed by atoms with Gasteiger partial charge in [-0.3, -0.25) is 8.37 Å². The minimum absolute atomic E-state index is 0. The topological polar surface area (TPSA) is 408 Å². The monoisotopic (exact) mass is 1150 g/mol. The molecule has 0 radical (unpaired) electrons. The molecular weight excluding hydrogens is 1100 g/mol. The van der Waals surface area contributed by atoms with E-state index in [0.717, 1.165) is 26.4 Å². The summed E-state index contributed by atoms with van der Waals surface area (Å²) in [5, 5.41) is 50.6. The summed E-state index contributed by atoms with van der Waals surface area (Å²) in [7, 11) is -14.8. The van der Waals surface area contributed by atoms with Crippen LogP contribution in [0.25, 0.3) is 12.2 Å². The van der Waals surface area contributed by atoms with Crippen molar-refractivity contribution in [2.45, 2.75) is 14.7 Å². The van der Waals surface area contributed by atoms with Gasteiger partial charge in [-0.15, -0.1) is 24.8 Å². The number of rotatable bonds is 25. The largest absolute Gasteiger partial charge is 1.00 e. The molecule has 34 heteroatoms.